The maximum Gasteiger partial charge on any atom is 0.257 e. The normalized spacial score (nSPS) is 18.0. The Labute approximate surface area is 200 Å². The number of para-hydroxylation sites is 1. The molecule has 8 nitrogen and oxygen atoms in total. The van der Waals surface area contributed by atoms with Gasteiger partial charge in [-0.2, -0.15) is 0 Å². The highest BCUT2D eigenvalue weighted by Crippen LogP contribution is 2.36. The second kappa shape index (κ2) is 11.4. The van der Waals surface area contributed by atoms with E-state index in [1.807, 2.05) is 6.07 Å². The van der Waals surface area contributed by atoms with Crippen molar-refractivity contribution in [2.75, 3.05) is 42.9 Å². The van der Waals surface area contributed by atoms with Gasteiger partial charge in [-0.15, -0.1) is 0 Å². The minimum absolute atomic E-state index is 0.0852. The zero-order valence-corrected chi connectivity index (χ0v) is 19.8. The van der Waals surface area contributed by atoms with Gasteiger partial charge in [-0.1, -0.05) is 18.6 Å². The summed E-state index contributed by atoms with van der Waals surface area (Å²) in [5.74, 6) is 0.864. The standard InChI is InChI=1S/C26H33N5O3/c1-19(32)16-27-13-5-4-8-20-9-7-15-30(17-20)18-24(33)31-23-12-3-2-10-21(23)26(34)29-22-11-6-14-28-25(22)31/h2-3,6,10-12,14,20,27H,4-5,7-9,13,15-18H2,1H3,(H,29,34). The Morgan fingerprint density at radius 2 is 2.03 bits per heavy atom. The molecule has 1 unspecified atom stereocenters. The zero-order chi connectivity index (χ0) is 23.9. The minimum Gasteiger partial charge on any atom is -0.319 e. The molecule has 0 spiro atoms. The minimum atomic E-state index is -0.240. The van der Waals surface area contributed by atoms with E-state index in [0.717, 1.165) is 45.3 Å². The first-order valence-electron chi connectivity index (χ1n) is 12.1. The summed E-state index contributed by atoms with van der Waals surface area (Å²) in [6, 6.07) is 10.7. The molecule has 2 aliphatic heterocycles. The van der Waals surface area contributed by atoms with Gasteiger partial charge in [-0.25, -0.2) is 4.98 Å². The van der Waals surface area contributed by atoms with E-state index in [4.69, 9.17) is 0 Å². The summed E-state index contributed by atoms with van der Waals surface area (Å²) in [4.78, 5) is 45.7. The molecular formula is C26H33N5O3. The molecule has 2 N–H and O–H groups in total. The number of hydrogen-bond donors (Lipinski definition) is 2. The van der Waals surface area contributed by atoms with Gasteiger partial charge in [0.05, 0.1) is 30.0 Å². The lowest BCUT2D eigenvalue weighted by Crippen LogP contribution is -2.43. The molecule has 1 saturated heterocycles. The number of aromatic nitrogens is 1. The van der Waals surface area contributed by atoms with Crippen molar-refractivity contribution < 1.29 is 14.4 Å². The van der Waals surface area contributed by atoms with Crippen molar-refractivity contribution in [3.05, 3.63) is 48.2 Å². The first-order valence-corrected chi connectivity index (χ1v) is 12.1. The summed E-state index contributed by atoms with van der Waals surface area (Å²) in [6.45, 7) is 4.98. The molecule has 0 aliphatic carbocycles. The number of Topliss-reactive ketones (excluding diaryl/α,β-unsaturated/α-hetero) is 1. The summed E-state index contributed by atoms with van der Waals surface area (Å²) in [6.07, 6.45) is 7.19. The third-order valence-corrected chi connectivity index (χ3v) is 6.44. The number of carbonyl (C=O) groups is 3. The monoisotopic (exact) mass is 463 g/mol. The third-order valence-electron chi connectivity index (χ3n) is 6.44. The molecule has 1 fully saturated rings. The second-order valence-electron chi connectivity index (χ2n) is 9.19. The number of hydrogen-bond acceptors (Lipinski definition) is 6. The number of piperidine rings is 1. The summed E-state index contributed by atoms with van der Waals surface area (Å²) in [5, 5.41) is 6.06. The van der Waals surface area contributed by atoms with E-state index in [2.05, 4.69) is 20.5 Å². The molecule has 180 valence electrons. The van der Waals surface area contributed by atoms with E-state index < -0.39 is 0 Å². The van der Waals surface area contributed by atoms with Gasteiger partial charge in [0.2, 0.25) is 5.91 Å². The Morgan fingerprint density at radius 3 is 2.88 bits per heavy atom. The number of ketones is 1. The highest BCUT2D eigenvalue weighted by Gasteiger charge is 2.31. The van der Waals surface area contributed by atoms with Gasteiger partial charge in [-0.3, -0.25) is 24.2 Å². The zero-order valence-electron chi connectivity index (χ0n) is 19.8. The smallest absolute Gasteiger partial charge is 0.257 e. The van der Waals surface area contributed by atoms with Crippen molar-refractivity contribution in [3.63, 3.8) is 0 Å². The molecule has 0 bridgehead atoms. The molecule has 1 aromatic heterocycles. The van der Waals surface area contributed by atoms with Gasteiger partial charge >= 0.3 is 0 Å². The average molecular weight is 464 g/mol. The van der Waals surface area contributed by atoms with E-state index in [-0.39, 0.29) is 24.1 Å². The predicted molar refractivity (Wildman–Crippen MR) is 132 cm³/mol. The molecule has 2 aliphatic rings. The van der Waals surface area contributed by atoms with Crippen LogP contribution in [0, 0.1) is 5.92 Å². The van der Waals surface area contributed by atoms with Crippen molar-refractivity contribution >= 4 is 34.8 Å². The quantitative estimate of drug-likeness (QED) is 0.554. The molecule has 4 rings (SSSR count). The fraction of sp³-hybridized carbons (Fsp3) is 0.462. The van der Waals surface area contributed by atoms with Crippen molar-refractivity contribution in [1.82, 2.24) is 15.2 Å². The number of amides is 2. The van der Waals surface area contributed by atoms with Gasteiger partial charge < -0.3 is 10.6 Å². The van der Waals surface area contributed by atoms with Gasteiger partial charge in [0, 0.05) is 12.7 Å². The topological polar surface area (TPSA) is 94.6 Å². The van der Waals surface area contributed by atoms with Crippen molar-refractivity contribution in [1.29, 1.82) is 0 Å². The Kier molecular flexibility index (Phi) is 8.03. The van der Waals surface area contributed by atoms with E-state index in [1.165, 1.54) is 6.42 Å². The first kappa shape index (κ1) is 24.0. The van der Waals surface area contributed by atoms with Crippen LogP contribution in [-0.4, -0.2) is 60.2 Å². The molecule has 34 heavy (non-hydrogen) atoms. The molecule has 2 amide bonds. The summed E-state index contributed by atoms with van der Waals surface area (Å²) in [5.41, 5.74) is 1.56. The molecule has 0 radical (unpaired) electrons. The van der Waals surface area contributed by atoms with Crippen LogP contribution in [0.3, 0.4) is 0 Å². The van der Waals surface area contributed by atoms with Crippen LogP contribution >= 0.6 is 0 Å². The van der Waals surface area contributed by atoms with Gasteiger partial charge in [-0.05, 0) is 75.9 Å². The fourth-order valence-electron chi connectivity index (χ4n) is 4.83. The Morgan fingerprint density at radius 1 is 1.18 bits per heavy atom. The van der Waals surface area contributed by atoms with Crippen LogP contribution in [0.5, 0.6) is 0 Å². The van der Waals surface area contributed by atoms with Crippen LogP contribution < -0.4 is 15.5 Å². The van der Waals surface area contributed by atoms with Crippen LogP contribution in [-0.2, 0) is 9.59 Å². The van der Waals surface area contributed by atoms with Crippen LogP contribution in [0.4, 0.5) is 17.2 Å². The number of nitrogens with one attached hydrogen (secondary N) is 2. The highest BCUT2D eigenvalue weighted by molar-refractivity contribution is 6.17. The molecular weight excluding hydrogens is 430 g/mol. The fourth-order valence-corrected chi connectivity index (χ4v) is 4.83. The maximum atomic E-state index is 13.6. The summed E-state index contributed by atoms with van der Waals surface area (Å²) >= 11 is 0. The van der Waals surface area contributed by atoms with Crippen LogP contribution in [0.25, 0.3) is 0 Å². The van der Waals surface area contributed by atoms with Crippen LogP contribution in [0.1, 0.15) is 49.4 Å². The average Bonchev–Trinajstić information content (AvgIpc) is 2.95. The number of unbranched alkanes of at least 4 members (excludes halogenated alkanes) is 1. The summed E-state index contributed by atoms with van der Waals surface area (Å²) < 4.78 is 0. The Balaban J connectivity index is 1.40. The Hall–Kier alpha value is -3.10. The highest BCUT2D eigenvalue weighted by atomic mass is 16.2. The van der Waals surface area contributed by atoms with Gasteiger partial charge in [0.15, 0.2) is 5.82 Å². The van der Waals surface area contributed by atoms with Crippen molar-refractivity contribution in [2.45, 2.75) is 39.0 Å². The number of carbonyl (C=O) groups excluding carboxylic acids is 3. The van der Waals surface area contributed by atoms with Crippen molar-refractivity contribution in [3.8, 4) is 0 Å². The SMILES string of the molecule is CC(=O)CNCCCCC1CCCN(CC(=O)N2c3ccccc3C(=O)Nc3cccnc32)C1. The maximum absolute atomic E-state index is 13.6. The lowest BCUT2D eigenvalue weighted by molar-refractivity contribution is -0.119. The molecule has 3 heterocycles. The number of likely N-dealkylation sites (tertiary alicyclic amines) is 1. The largest absolute Gasteiger partial charge is 0.319 e. The van der Waals surface area contributed by atoms with Gasteiger partial charge in [0.1, 0.15) is 5.78 Å². The molecule has 2 aromatic rings. The predicted octanol–water partition coefficient (Wildman–Crippen LogP) is 3.37. The van der Waals surface area contributed by atoms with E-state index in [1.54, 1.807) is 48.4 Å². The van der Waals surface area contributed by atoms with Crippen LogP contribution in [0.2, 0.25) is 0 Å². The number of nitrogens with zero attached hydrogens (tertiary/aromatic N) is 3. The van der Waals surface area contributed by atoms with Crippen molar-refractivity contribution in [2.24, 2.45) is 5.92 Å². The second-order valence-corrected chi connectivity index (χ2v) is 9.19. The molecule has 1 atom stereocenters. The summed E-state index contributed by atoms with van der Waals surface area (Å²) in [7, 11) is 0. The van der Waals surface area contributed by atoms with Gasteiger partial charge in [0.25, 0.3) is 5.91 Å². The van der Waals surface area contributed by atoms with E-state index >= 15 is 0 Å². The molecule has 0 saturated carbocycles. The number of fused-ring (bicyclic) bond motifs is 2. The number of rotatable bonds is 9. The van der Waals surface area contributed by atoms with E-state index in [0.29, 0.717) is 35.2 Å². The number of benzene rings is 1. The first-order chi connectivity index (χ1) is 16.5. The number of pyridine rings is 1. The Bertz CT molecular complexity index is 1040. The lowest BCUT2D eigenvalue weighted by atomic mass is 9.92. The lowest BCUT2D eigenvalue weighted by Gasteiger charge is -2.34. The third kappa shape index (κ3) is 5.87. The van der Waals surface area contributed by atoms with E-state index in [9.17, 15) is 14.4 Å². The number of anilines is 3. The molecule has 8 heteroatoms. The molecule has 1 aromatic carbocycles. The van der Waals surface area contributed by atoms with Crippen LogP contribution in [0.15, 0.2) is 42.6 Å².